The molecule has 2 bridgehead atoms. The Morgan fingerprint density at radius 3 is 2.76 bits per heavy atom. The topological polar surface area (TPSA) is 98.9 Å². The number of pyridine rings is 1. The number of fused-ring (bicyclic) bond motifs is 2. The van der Waals surface area contributed by atoms with Crippen molar-refractivity contribution in [2.24, 2.45) is 0 Å². The minimum Gasteiger partial charge on any atom is -0.431 e. The average Bonchev–Trinajstić information content (AvgIpc) is 3.46. The zero-order valence-electron chi connectivity index (χ0n) is 18.3. The van der Waals surface area contributed by atoms with E-state index in [-0.39, 0.29) is 23.7 Å². The average molecular weight is 463 g/mol. The number of nitrogens with two attached hydrogens (primary N) is 1. The van der Waals surface area contributed by atoms with Crippen molar-refractivity contribution >= 4 is 17.6 Å². The Morgan fingerprint density at radius 1 is 1.12 bits per heavy atom. The van der Waals surface area contributed by atoms with Gasteiger partial charge in [0.25, 0.3) is 0 Å². The van der Waals surface area contributed by atoms with Gasteiger partial charge in [-0.05, 0) is 31.7 Å². The third-order valence-corrected chi connectivity index (χ3v) is 6.26. The molecule has 2 N–H and O–H groups in total. The van der Waals surface area contributed by atoms with Crippen molar-refractivity contribution in [2.75, 3.05) is 55.0 Å². The molecule has 0 aliphatic carbocycles. The van der Waals surface area contributed by atoms with Crippen molar-refractivity contribution in [1.29, 1.82) is 0 Å². The molecule has 0 saturated carbocycles. The minimum absolute atomic E-state index is 0.0948. The number of hydrogen-bond acceptors (Lipinski definition) is 9. The second-order valence-corrected chi connectivity index (χ2v) is 8.55. The summed E-state index contributed by atoms with van der Waals surface area (Å²) >= 11 is 0. The molecule has 3 fully saturated rings. The Hall–Kier alpha value is -2.79. The highest BCUT2D eigenvalue weighted by Gasteiger charge is 2.40. The van der Waals surface area contributed by atoms with Crippen LogP contribution in [0.4, 0.5) is 26.4 Å². The van der Waals surface area contributed by atoms with Crippen molar-refractivity contribution in [3.63, 3.8) is 0 Å². The zero-order chi connectivity index (χ0) is 22.8. The maximum Gasteiger partial charge on any atom is 0.387 e. The van der Waals surface area contributed by atoms with Crippen LogP contribution >= 0.6 is 0 Å². The van der Waals surface area contributed by atoms with Crippen molar-refractivity contribution < 1.29 is 23.0 Å². The van der Waals surface area contributed by atoms with Crippen LogP contribution in [0.25, 0.3) is 11.3 Å². The highest BCUT2D eigenvalue weighted by molar-refractivity contribution is 5.68. The van der Waals surface area contributed by atoms with Crippen molar-refractivity contribution in [3.05, 3.63) is 18.3 Å². The van der Waals surface area contributed by atoms with Crippen LogP contribution in [0.2, 0.25) is 0 Å². The van der Waals surface area contributed by atoms with Gasteiger partial charge in [-0.15, -0.1) is 0 Å². The Balaban J connectivity index is 1.52. The second kappa shape index (κ2) is 9.60. The Bertz CT molecular complexity index is 971. The molecule has 3 saturated heterocycles. The zero-order valence-corrected chi connectivity index (χ0v) is 18.3. The maximum absolute atomic E-state index is 12.8. The molecule has 0 unspecified atom stereocenters. The largest absolute Gasteiger partial charge is 0.431 e. The van der Waals surface area contributed by atoms with Crippen molar-refractivity contribution in [3.8, 4) is 17.0 Å². The lowest BCUT2D eigenvalue weighted by atomic mass is 10.2. The van der Waals surface area contributed by atoms with E-state index in [0.29, 0.717) is 30.4 Å². The number of nitrogen functional groups attached to an aromatic ring is 1. The van der Waals surface area contributed by atoms with Crippen LogP contribution in [0.3, 0.4) is 0 Å². The summed E-state index contributed by atoms with van der Waals surface area (Å²) in [7, 11) is 0. The first kappa shape index (κ1) is 22.0. The normalized spacial score (nSPS) is 23.5. The van der Waals surface area contributed by atoms with E-state index >= 15 is 0 Å². The summed E-state index contributed by atoms with van der Waals surface area (Å²) in [6.07, 6.45) is 5.54. The van der Waals surface area contributed by atoms with E-state index in [1.165, 1.54) is 12.3 Å². The van der Waals surface area contributed by atoms with Gasteiger partial charge in [-0.2, -0.15) is 13.8 Å². The molecule has 33 heavy (non-hydrogen) atoms. The number of rotatable bonds is 5. The van der Waals surface area contributed by atoms with E-state index in [9.17, 15) is 8.78 Å². The van der Waals surface area contributed by atoms with Gasteiger partial charge in [0.15, 0.2) is 11.6 Å². The standard InChI is InChI=1S/C22H28F2N6O3/c23-21(24)33-18-8-14(11-26-20(18)25)17-10-19(30-12-16-9-15(30)13-32-16)28-22(27-17)29-4-1-2-6-31-7-3-5-29/h8,10-11,15-16,21H,1-7,9,12-13H2,(H2,25,26)/t15-,16-/m0/s1. The summed E-state index contributed by atoms with van der Waals surface area (Å²) in [6, 6.07) is 3.61. The quantitative estimate of drug-likeness (QED) is 0.719. The van der Waals surface area contributed by atoms with Gasteiger partial charge in [0.2, 0.25) is 5.95 Å². The van der Waals surface area contributed by atoms with Crippen LogP contribution in [0.1, 0.15) is 25.7 Å². The Morgan fingerprint density at radius 2 is 1.97 bits per heavy atom. The summed E-state index contributed by atoms with van der Waals surface area (Å²) < 4.78 is 41.6. The lowest BCUT2D eigenvalue weighted by Gasteiger charge is -2.30. The molecule has 0 radical (unpaired) electrons. The summed E-state index contributed by atoms with van der Waals surface area (Å²) in [4.78, 5) is 18.2. The molecule has 0 amide bonds. The lowest BCUT2D eigenvalue weighted by Crippen LogP contribution is -2.38. The van der Waals surface area contributed by atoms with Gasteiger partial charge in [0, 0.05) is 50.7 Å². The van der Waals surface area contributed by atoms with Gasteiger partial charge in [-0.1, -0.05) is 0 Å². The minimum atomic E-state index is -2.99. The number of anilines is 3. The predicted octanol–water partition coefficient (Wildman–Crippen LogP) is 2.71. The fourth-order valence-corrected chi connectivity index (χ4v) is 4.60. The van der Waals surface area contributed by atoms with Crippen LogP contribution in [-0.2, 0) is 9.47 Å². The van der Waals surface area contributed by atoms with Crippen LogP contribution < -0.4 is 20.3 Å². The van der Waals surface area contributed by atoms with Crippen LogP contribution in [0.5, 0.6) is 5.75 Å². The van der Waals surface area contributed by atoms with Crippen LogP contribution in [0, 0.1) is 0 Å². The number of alkyl halides is 2. The molecule has 178 valence electrons. The molecule has 11 heteroatoms. The third-order valence-electron chi connectivity index (χ3n) is 6.26. The van der Waals surface area contributed by atoms with Crippen LogP contribution in [-0.4, -0.2) is 73.2 Å². The Kier molecular flexibility index (Phi) is 6.41. The van der Waals surface area contributed by atoms with Crippen molar-refractivity contribution in [2.45, 2.75) is 44.4 Å². The summed E-state index contributed by atoms with van der Waals surface area (Å²) in [5, 5.41) is 0. The number of aromatic nitrogens is 3. The number of morpholine rings is 1. The SMILES string of the molecule is Nc1ncc(-c2cc(N3C[C@@H]4C[C@H]3CO4)nc(N3CCCCOCCC3)n2)cc1OC(F)F. The smallest absolute Gasteiger partial charge is 0.387 e. The number of ether oxygens (including phenoxy) is 3. The van der Waals surface area contributed by atoms with Gasteiger partial charge >= 0.3 is 6.61 Å². The van der Waals surface area contributed by atoms with E-state index in [1.54, 1.807) is 0 Å². The van der Waals surface area contributed by atoms with E-state index in [1.807, 2.05) is 6.07 Å². The molecule has 5 rings (SSSR count). The highest BCUT2D eigenvalue weighted by atomic mass is 19.3. The van der Waals surface area contributed by atoms with Crippen LogP contribution in [0.15, 0.2) is 18.3 Å². The fraction of sp³-hybridized carbons (Fsp3) is 0.591. The predicted molar refractivity (Wildman–Crippen MR) is 119 cm³/mol. The van der Waals surface area contributed by atoms with Gasteiger partial charge in [-0.25, -0.2) is 9.97 Å². The van der Waals surface area contributed by atoms with E-state index in [4.69, 9.17) is 25.2 Å². The molecule has 3 aliphatic rings. The Labute approximate surface area is 190 Å². The number of nitrogens with zero attached hydrogens (tertiary/aromatic N) is 5. The fourth-order valence-electron chi connectivity index (χ4n) is 4.60. The molecule has 2 aromatic rings. The molecular weight excluding hydrogens is 434 g/mol. The van der Waals surface area contributed by atoms with Gasteiger partial charge < -0.3 is 29.7 Å². The first-order chi connectivity index (χ1) is 16.1. The third kappa shape index (κ3) is 4.93. The van der Waals surface area contributed by atoms with E-state index in [0.717, 1.165) is 57.7 Å². The number of hydrogen-bond donors (Lipinski definition) is 1. The summed E-state index contributed by atoms with van der Waals surface area (Å²) in [5.41, 5.74) is 6.86. The molecular formula is C22H28F2N6O3. The molecule has 5 heterocycles. The first-order valence-electron chi connectivity index (χ1n) is 11.4. The molecule has 2 atom stereocenters. The lowest BCUT2D eigenvalue weighted by molar-refractivity contribution is -0.0494. The van der Waals surface area contributed by atoms with E-state index < -0.39 is 6.61 Å². The molecule has 2 aromatic heterocycles. The van der Waals surface area contributed by atoms with Crippen molar-refractivity contribution in [1.82, 2.24) is 15.0 Å². The molecule has 3 aliphatic heterocycles. The second-order valence-electron chi connectivity index (χ2n) is 8.55. The summed E-state index contributed by atoms with van der Waals surface area (Å²) in [5.74, 6) is 1.15. The highest BCUT2D eigenvalue weighted by Crippen LogP contribution is 2.35. The molecule has 0 aromatic carbocycles. The maximum atomic E-state index is 12.8. The van der Waals surface area contributed by atoms with Gasteiger partial charge in [0.1, 0.15) is 5.82 Å². The monoisotopic (exact) mass is 462 g/mol. The number of halogens is 2. The van der Waals surface area contributed by atoms with Gasteiger partial charge in [0.05, 0.1) is 24.4 Å². The van der Waals surface area contributed by atoms with Gasteiger partial charge in [-0.3, -0.25) is 0 Å². The first-order valence-corrected chi connectivity index (χ1v) is 11.4. The summed E-state index contributed by atoms with van der Waals surface area (Å²) in [6.45, 7) is 1.52. The molecule has 0 spiro atoms. The van der Waals surface area contributed by atoms with E-state index in [2.05, 4.69) is 19.5 Å². The molecule has 9 nitrogen and oxygen atoms in total.